The summed E-state index contributed by atoms with van der Waals surface area (Å²) in [4.78, 5) is 25.8. The Morgan fingerprint density at radius 1 is 1.04 bits per heavy atom. The number of Topliss-reactive ketones (excluding diaryl/α,β-unsaturated/α-hetero) is 1. The zero-order valence-corrected chi connectivity index (χ0v) is 14.4. The van der Waals surface area contributed by atoms with E-state index in [0.29, 0.717) is 30.8 Å². The summed E-state index contributed by atoms with van der Waals surface area (Å²) < 4.78 is 5.72. The number of carbonyl (C=O) groups is 2. The SMILES string of the molecule is CCN(CCOc1cccc(C)c1)C(=O)c1cccc(C(C)=O)c1. The fourth-order valence-corrected chi connectivity index (χ4v) is 2.44. The van der Waals surface area contributed by atoms with Crippen molar-refractivity contribution in [1.82, 2.24) is 4.90 Å². The highest BCUT2D eigenvalue weighted by Crippen LogP contribution is 2.13. The summed E-state index contributed by atoms with van der Waals surface area (Å²) in [5.41, 5.74) is 2.21. The molecule has 1 amide bonds. The van der Waals surface area contributed by atoms with Crippen LogP contribution in [-0.4, -0.2) is 36.3 Å². The zero-order chi connectivity index (χ0) is 17.5. The molecule has 2 aromatic rings. The number of hydrogen-bond donors (Lipinski definition) is 0. The van der Waals surface area contributed by atoms with Gasteiger partial charge < -0.3 is 9.64 Å². The molecule has 126 valence electrons. The largest absolute Gasteiger partial charge is 0.492 e. The molecule has 24 heavy (non-hydrogen) atoms. The minimum atomic E-state index is -0.0894. The Hall–Kier alpha value is -2.62. The normalized spacial score (nSPS) is 10.3. The minimum absolute atomic E-state index is 0.0459. The van der Waals surface area contributed by atoms with E-state index in [2.05, 4.69) is 0 Å². The van der Waals surface area contributed by atoms with Crippen molar-refractivity contribution in [3.8, 4) is 5.75 Å². The van der Waals surface area contributed by atoms with Crippen LogP contribution < -0.4 is 4.74 Å². The molecule has 0 heterocycles. The predicted octanol–water partition coefficient (Wildman–Crippen LogP) is 3.74. The number of benzene rings is 2. The van der Waals surface area contributed by atoms with Crippen LogP contribution in [0.3, 0.4) is 0 Å². The topological polar surface area (TPSA) is 46.6 Å². The average Bonchev–Trinajstić information content (AvgIpc) is 2.58. The first kappa shape index (κ1) is 17.7. The lowest BCUT2D eigenvalue weighted by Crippen LogP contribution is -2.34. The van der Waals surface area contributed by atoms with Gasteiger partial charge >= 0.3 is 0 Å². The number of ketones is 1. The van der Waals surface area contributed by atoms with Gasteiger partial charge in [0.2, 0.25) is 0 Å². The van der Waals surface area contributed by atoms with Gasteiger partial charge in [0.25, 0.3) is 5.91 Å². The van der Waals surface area contributed by atoms with Gasteiger partial charge in [-0.2, -0.15) is 0 Å². The highest BCUT2D eigenvalue weighted by atomic mass is 16.5. The summed E-state index contributed by atoms with van der Waals surface area (Å²) in [6, 6.07) is 14.7. The van der Waals surface area contributed by atoms with Crippen molar-refractivity contribution in [2.45, 2.75) is 20.8 Å². The molecule has 0 aromatic heterocycles. The standard InChI is InChI=1S/C20H23NO3/c1-4-21(11-12-24-19-10-5-7-15(2)13-19)20(23)18-9-6-8-17(14-18)16(3)22/h5-10,13-14H,4,11-12H2,1-3H3. The second-order valence-electron chi connectivity index (χ2n) is 5.69. The van der Waals surface area contributed by atoms with E-state index >= 15 is 0 Å². The molecule has 0 N–H and O–H groups in total. The van der Waals surface area contributed by atoms with Crippen molar-refractivity contribution in [1.29, 1.82) is 0 Å². The second-order valence-corrected chi connectivity index (χ2v) is 5.69. The Balaban J connectivity index is 1.98. The molecule has 4 nitrogen and oxygen atoms in total. The van der Waals surface area contributed by atoms with Crippen LogP contribution in [0.15, 0.2) is 48.5 Å². The van der Waals surface area contributed by atoms with Crippen LogP contribution in [0.25, 0.3) is 0 Å². The maximum atomic E-state index is 12.6. The molecule has 0 radical (unpaired) electrons. The monoisotopic (exact) mass is 325 g/mol. The molecule has 0 spiro atoms. The summed E-state index contributed by atoms with van der Waals surface area (Å²) in [7, 11) is 0. The molecule has 2 aromatic carbocycles. The van der Waals surface area contributed by atoms with Gasteiger partial charge in [-0.1, -0.05) is 24.3 Å². The third-order valence-corrected chi connectivity index (χ3v) is 3.80. The molecule has 4 heteroatoms. The average molecular weight is 325 g/mol. The Morgan fingerprint density at radius 2 is 1.75 bits per heavy atom. The first-order valence-corrected chi connectivity index (χ1v) is 8.11. The summed E-state index contributed by atoms with van der Waals surface area (Å²) in [5, 5.41) is 0. The van der Waals surface area contributed by atoms with Crippen LogP contribution in [0.4, 0.5) is 0 Å². The highest BCUT2D eigenvalue weighted by Gasteiger charge is 2.15. The molecule has 0 atom stereocenters. The molecule has 0 fully saturated rings. The van der Waals surface area contributed by atoms with E-state index in [-0.39, 0.29) is 11.7 Å². The van der Waals surface area contributed by atoms with Crippen molar-refractivity contribution < 1.29 is 14.3 Å². The molecule has 0 aliphatic carbocycles. The van der Waals surface area contributed by atoms with Gasteiger partial charge in [0.05, 0.1) is 6.54 Å². The third-order valence-electron chi connectivity index (χ3n) is 3.80. The van der Waals surface area contributed by atoms with E-state index in [1.165, 1.54) is 6.92 Å². The van der Waals surface area contributed by atoms with Gasteiger partial charge in [0, 0.05) is 17.7 Å². The first-order valence-electron chi connectivity index (χ1n) is 8.11. The number of amides is 1. The van der Waals surface area contributed by atoms with Crippen LogP contribution in [0.1, 0.15) is 40.1 Å². The Labute approximate surface area is 143 Å². The van der Waals surface area contributed by atoms with Crippen LogP contribution in [0, 0.1) is 6.92 Å². The minimum Gasteiger partial charge on any atom is -0.492 e. The fourth-order valence-electron chi connectivity index (χ4n) is 2.44. The van der Waals surface area contributed by atoms with E-state index in [0.717, 1.165) is 11.3 Å². The van der Waals surface area contributed by atoms with Gasteiger partial charge in [-0.3, -0.25) is 9.59 Å². The molecule has 0 unspecified atom stereocenters. The van der Waals surface area contributed by atoms with Gasteiger partial charge in [-0.15, -0.1) is 0 Å². The van der Waals surface area contributed by atoms with Gasteiger partial charge in [-0.05, 0) is 50.6 Å². The van der Waals surface area contributed by atoms with Crippen molar-refractivity contribution in [2.24, 2.45) is 0 Å². The van der Waals surface area contributed by atoms with E-state index in [1.807, 2.05) is 38.1 Å². The van der Waals surface area contributed by atoms with E-state index in [9.17, 15) is 9.59 Å². The smallest absolute Gasteiger partial charge is 0.253 e. The quantitative estimate of drug-likeness (QED) is 0.729. The van der Waals surface area contributed by atoms with Crippen LogP contribution >= 0.6 is 0 Å². The van der Waals surface area contributed by atoms with Gasteiger partial charge in [0.15, 0.2) is 5.78 Å². The van der Waals surface area contributed by atoms with Gasteiger partial charge in [-0.25, -0.2) is 0 Å². The number of ether oxygens (including phenoxy) is 1. The first-order chi connectivity index (χ1) is 11.5. The van der Waals surface area contributed by atoms with Crippen molar-refractivity contribution in [3.63, 3.8) is 0 Å². The lowest BCUT2D eigenvalue weighted by Gasteiger charge is -2.21. The van der Waals surface area contributed by atoms with E-state index in [1.54, 1.807) is 29.2 Å². The van der Waals surface area contributed by atoms with Crippen molar-refractivity contribution >= 4 is 11.7 Å². The maximum Gasteiger partial charge on any atom is 0.253 e. The molecule has 2 rings (SSSR count). The Kier molecular flexibility index (Phi) is 6.13. The summed E-state index contributed by atoms with van der Waals surface area (Å²) in [5.74, 6) is 0.668. The molecular formula is C20H23NO3. The number of hydrogen-bond acceptors (Lipinski definition) is 3. The van der Waals surface area contributed by atoms with E-state index in [4.69, 9.17) is 4.74 Å². The number of rotatable bonds is 7. The zero-order valence-electron chi connectivity index (χ0n) is 14.4. The number of carbonyl (C=O) groups excluding carboxylic acids is 2. The lowest BCUT2D eigenvalue weighted by molar-refractivity contribution is 0.0740. The molecule has 0 saturated heterocycles. The molecule has 0 bridgehead atoms. The molecule has 0 aliphatic rings. The van der Waals surface area contributed by atoms with Crippen LogP contribution in [0.5, 0.6) is 5.75 Å². The predicted molar refractivity (Wildman–Crippen MR) is 94.7 cm³/mol. The lowest BCUT2D eigenvalue weighted by atomic mass is 10.1. The number of aryl methyl sites for hydroxylation is 1. The third kappa shape index (κ3) is 4.69. The summed E-state index contributed by atoms with van der Waals surface area (Å²) in [6.07, 6.45) is 0. The van der Waals surface area contributed by atoms with Crippen LogP contribution in [0.2, 0.25) is 0 Å². The highest BCUT2D eigenvalue weighted by molar-refractivity contribution is 5.99. The number of nitrogens with zero attached hydrogens (tertiary/aromatic N) is 1. The van der Waals surface area contributed by atoms with E-state index < -0.39 is 0 Å². The fraction of sp³-hybridized carbons (Fsp3) is 0.300. The van der Waals surface area contributed by atoms with Crippen molar-refractivity contribution in [3.05, 3.63) is 65.2 Å². The molecular weight excluding hydrogens is 302 g/mol. The van der Waals surface area contributed by atoms with Gasteiger partial charge in [0.1, 0.15) is 12.4 Å². The van der Waals surface area contributed by atoms with Crippen molar-refractivity contribution in [2.75, 3.05) is 19.7 Å². The Morgan fingerprint density at radius 3 is 2.42 bits per heavy atom. The second kappa shape index (κ2) is 8.29. The summed E-state index contributed by atoms with van der Waals surface area (Å²) >= 11 is 0. The maximum absolute atomic E-state index is 12.6. The Bertz CT molecular complexity index is 724. The molecule has 0 aliphatic heterocycles. The molecule has 0 saturated carbocycles. The number of likely N-dealkylation sites (N-methyl/N-ethyl adjacent to an activating group) is 1. The summed E-state index contributed by atoms with van der Waals surface area (Å²) in [6.45, 7) is 6.94. The van der Waals surface area contributed by atoms with Crippen LogP contribution in [-0.2, 0) is 0 Å².